The van der Waals surface area contributed by atoms with E-state index < -0.39 is 0 Å². The van der Waals surface area contributed by atoms with Crippen LogP contribution in [-0.4, -0.2) is 16.1 Å². The number of nitrogens with zero attached hydrogens (tertiary/aromatic N) is 2. The summed E-state index contributed by atoms with van der Waals surface area (Å²) in [5.74, 6) is 0.106. The van der Waals surface area contributed by atoms with Gasteiger partial charge in [-0.25, -0.2) is 9.07 Å². The molecule has 0 amide bonds. The molecule has 0 unspecified atom stereocenters. The normalized spacial score (nSPS) is 16.2. The van der Waals surface area contributed by atoms with Crippen molar-refractivity contribution < 1.29 is 9.18 Å². The van der Waals surface area contributed by atoms with E-state index in [0.717, 1.165) is 30.5 Å². The summed E-state index contributed by atoms with van der Waals surface area (Å²) in [7, 11) is 0. The Labute approximate surface area is 117 Å². The van der Waals surface area contributed by atoms with Gasteiger partial charge in [-0.3, -0.25) is 4.79 Å². The Morgan fingerprint density at radius 1 is 1.15 bits per heavy atom. The first kappa shape index (κ1) is 13.0. The van der Waals surface area contributed by atoms with E-state index in [1.54, 1.807) is 23.0 Å². The number of carbonyl (C=O) groups is 1. The highest BCUT2D eigenvalue weighted by molar-refractivity contribution is 5.76. The Bertz CT molecular complexity index is 597. The number of halogens is 1. The third kappa shape index (κ3) is 2.50. The maximum atomic E-state index is 13.0. The molecule has 1 heterocycles. The average Bonchev–Trinajstić information content (AvgIpc) is 2.93. The van der Waals surface area contributed by atoms with E-state index in [1.165, 1.54) is 31.4 Å². The fraction of sp³-hybridized carbons (Fsp3) is 0.375. The van der Waals surface area contributed by atoms with Gasteiger partial charge in [0.25, 0.3) is 0 Å². The molecule has 1 aromatic carbocycles. The summed E-state index contributed by atoms with van der Waals surface area (Å²) >= 11 is 0. The summed E-state index contributed by atoms with van der Waals surface area (Å²) in [6.45, 7) is 0. The van der Waals surface area contributed by atoms with Gasteiger partial charge in [-0.05, 0) is 37.1 Å². The molecule has 1 aromatic heterocycles. The number of hydrogen-bond donors (Lipinski definition) is 0. The predicted octanol–water partition coefficient (Wildman–Crippen LogP) is 3.87. The van der Waals surface area contributed by atoms with Crippen molar-refractivity contribution >= 4 is 6.29 Å². The predicted molar refractivity (Wildman–Crippen MR) is 74.7 cm³/mol. The van der Waals surface area contributed by atoms with Crippen LogP contribution in [0.1, 0.15) is 54.1 Å². The molecular formula is C16H17FN2O. The van der Waals surface area contributed by atoms with Crippen molar-refractivity contribution in [2.75, 3.05) is 0 Å². The molecule has 0 aliphatic heterocycles. The summed E-state index contributed by atoms with van der Waals surface area (Å²) in [4.78, 5) is 11.3. The van der Waals surface area contributed by atoms with Crippen LogP contribution < -0.4 is 0 Å². The summed E-state index contributed by atoms with van der Waals surface area (Å²) in [6, 6.07) is 6.14. The van der Waals surface area contributed by atoms with Gasteiger partial charge < -0.3 is 0 Å². The second-order valence-electron chi connectivity index (χ2n) is 5.34. The van der Waals surface area contributed by atoms with Crippen molar-refractivity contribution in [2.45, 2.75) is 38.0 Å². The quantitative estimate of drug-likeness (QED) is 0.795. The number of rotatable bonds is 3. The minimum Gasteiger partial charge on any atom is -0.298 e. The lowest BCUT2D eigenvalue weighted by molar-refractivity contribution is 0.112. The first-order valence-electron chi connectivity index (χ1n) is 7.08. The number of aromatic nitrogens is 2. The monoisotopic (exact) mass is 272 g/mol. The number of benzene rings is 1. The molecule has 0 N–H and O–H groups in total. The van der Waals surface area contributed by atoms with Gasteiger partial charge in [-0.2, -0.15) is 5.10 Å². The van der Waals surface area contributed by atoms with Crippen molar-refractivity contribution in [3.8, 4) is 5.69 Å². The number of aldehydes is 1. The molecule has 0 spiro atoms. The lowest BCUT2D eigenvalue weighted by Crippen LogP contribution is -2.07. The van der Waals surface area contributed by atoms with Gasteiger partial charge in [0.2, 0.25) is 0 Å². The number of hydrogen-bond acceptors (Lipinski definition) is 2. The molecule has 4 heteroatoms. The van der Waals surface area contributed by atoms with Gasteiger partial charge in [0.1, 0.15) is 5.82 Å². The third-order valence-corrected chi connectivity index (χ3v) is 3.98. The molecule has 20 heavy (non-hydrogen) atoms. The summed E-state index contributed by atoms with van der Waals surface area (Å²) in [6.07, 6.45) is 8.48. The van der Waals surface area contributed by atoms with Gasteiger partial charge in [0.05, 0.1) is 16.9 Å². The van der Waals surface area contributed by atoms with Crippen LogP contribution in [0.25, 0.3) is 5.69 Å². The highest BCUT2D eigenvalue weighted by atomic mass is 19.1. The molecule has 0 atom stereocenters. The minimum atomic E-state index is -0.274. The molecular weight excluding hydrogens is 255 g/mol. The maximum absolute atomic E-state index is 13.0. The molecule has 1 saturated carbocycles. The zero-order valence-electron chi connectivity index (χ0n) is 11.3. The second kappa shape index (κ2) is 5.57. The largest absolute Gasteiger partial charge is 0.298 e. The zero-order chi connectivity index (χ0) is 13.9. The molecule has 2 aromatic rings. The molecule has 1 aliphatic carbocycles. The third-order valence-electron chi connectivity index (χ3n) is 3.98. The van der Waals surface area contributed by atoms with E-state index in [4.69, 9.17) is 0 Å². The molecule has 0 bridgehead atoms. The highest BCUT2D eigenvalue weighted by Gasteiger charge is 2.22. The lowest BCUT2D eigenvalue weighted by Gasteiger charge is -2.20. The van der Waals surface area contributed by atoms with Crippen LogP contribution in [0.4, 0.5) is 4.39 Å². The Morgan fingerprint density at radius 2 is 1.85 bits per heavy atom. The smallest absolute Gasteiger partial charge is 0.153 e. The van der Waals surface area contributed by atoms with Gasteiger partial charge in [-0.1, -0.05) is 19.3 Å². The zero-order valence-corrected chi connectivity index (χ0v) is 11.3. The topological polar surface area (TPSA) is 34.9 Å². The maximum Gasteiger partial charge on any atom is 0.153 e. The fourth-order valence-corrected chi connectivity index (χ4v) is 2.91. The van der Waals surface area contributed by atoms with Crippen LogP contribution in [0.3, 0.4) is 0 Å². The van der Waals surface area contributed by atoms with Gasteiger partial charge in [0, 0.05) is 12.1 Å². The van der Waals surface area contributed by atoms with Crippen LogP contribution in [0.5, 0.6) is 0 Å². The summed E-state index contributed by atoms with van der Waals surface area (Å²) < 4.78 is 14.6. The first-order chi connectivity index (χ1) is 9.78. The lowest BCUT2D eigenvalue weighted by atomic mass is 9.86. The molecule has 1 aliphatic rings. The van der Waals surface area contributed by atoms with Gasteiger partial charge >= 0.3 is 0 Å². The van der Waals surface area contributed by atoms with E-state index in [9.17, 15) is 9.18 Å². The van der Waals surface area contributed by atoms with Crippen molar-refractivity contribution in [2.24, 2.45) is 0 Å². The number of carbonyl (C=O) groups excluding carboxylic acids is 1. The highest BCUT2D eigenvalue weighted by Crippen LogP contribution is 2.33. The van der Waals surface area contributed by atoms with Crippen LogP contribution in [-0.2, 0) is 0 Å². The molecule has 1 fully saturated rings. The average molecular weight is 272 g/mol. The fourth-order valence-electron chi connectivity index (χ4n) is 2.91. The Morgan fingerprint density at radius 3 is 2.50 bits per heavy atom. The molecule has 0 saturated heterocycles. The molecule has 3 nitrogen and oxygen atoms in total. The van der Waals surface area contributed by atoms with Gasteiger partial charge in [-0.15, -0.1) is 0 Å². The molecule has 0 radical (unpaired) electrons. The SMILES string of the molecule is O=Cc1cn(-c2ccc(F)cc2)nc1C1CCCCC1. The van der Waals surface area contributed by atoms with E-state index in [1.807, 2.05) is 0 Å². The van der Waals surface area contributed by atoms with Crippen molar-refractivity contribution in [1.82, 2.24) is 9.78 Å². The van der Waals surface area contributed by atoms with Crippen molar-refractivity contribution in [1.29, 1.82) is 0 Å². The van der Waals surface area contributed by atoms with Crippen LogP contribution >= 0.6 is 0 Å². The molecule has 104 valence electrons. The van der Waals surface area contributed by atoms with Gasteiger partial charge in [0.15, 0.2) is 6.29 Å². The summed E-state index contributed by atoms with van der Waals surface area (Å²) in [5.41, 5.74) is 2.32. The van der Waals surface area contributed by atoms with E-state index in [0.29, 0.717) is 11.5 Å². The Hall–Kier alpha value is -1.97. The van der Waals surface area contributed by atoms with Crippen molar-refractivity contribution in [3.63, 3.8) is 0 Å². The van der Waals surface area contributed by atoms with Crippen molar-refractivity contribution in [3.05, 3.63) is 47.5 Å². The first-order valence-corrected chi connectivity index (χ1v) is 7.08. The minimum absolute atomic E-state index is 0.274. The Kier molecular flexibility index (Phi) is 3.63. The van der Waals surface area contributed by atoms with E-state index in [-0.39, 0.29) is 5.82 Å². The van der Waals surface area contributed by atoms with Crippen LogP contribution in [0.2, 0.25) is 0 Å². The van der Waals surface area contributed by atoms with E-state index in [2.05, 4.69) is 5.10 Å². The van der Waals surface area contributed by atoms with E-state index >= 15 is 0 Å². The summed E-state index contributed by atoms with van der Waals surface area (Å²) in [5, 5.41) is 4.57. The Balaban J connectivity index is 1.95. The van der Waals surface area contributed by atoms with Crippen LogP contribution in [0.15, 0.2) is 30.5 Å². The van der Waals surface area contributed by atoms with Crippen LogP contribution in [0, 0.1) is 5.82 Å². The standard InChI is InChI=1S/C16H17FN2O/c17-14-6-8-15(9-7-14)19-10-13(11-20)16(18-19)12-4-2-1-3-5-12/h6-12H,1-5H2. The molecule has 3 rings (SSSR count). The second-order valence-corrected chi connectivity index (χ2v) is 5.34.